The Morgan fingerprint density at radius 2 is 2.00 bits per heavy atom. The Kier molecular flexibility index (Phi) is 4.69. The molecule has 2 nitrogen and oxygen atoms in total. The molecule has 0 amide bonds. The van der Waals surface area contributed by atoms with Crippen LogP contribution in [0.15, 0.2) is 24.5 Å². The number of halogens is 1. The topological polar surface area (TPSA) is 18.5 Å². The van der Waals surface area contributed by atoms with E-state index in [1.165, 1.54) is 0 Å². The minimum Gasteiger partial charge on any atom is -0.504 e. The van der Waals surface area contributed by atoms with Crippen molar-refractivity contribution >= 4 is 17.2 Å². The molecule has 0 aromatic heterocycles. The lowest BCUT2D eigenvalue weighted by atomic mass is 9.96. The molecule has 0 saturated carbocycles. The van der Waals surface area contributed by atoms with Gasteiger partial charge in [-0.3, -0.25) is 0 Å². The van der Waals surface area contributed by atoms with Crippen LogP contribution in [0.25, 0.3) is 5.57 Å². The minimum atomic E-state index is 0.357. The van der Waals surface area contributed by atoms with Crippen molar-refractivity contribution in [1.29, 1.82) is 0 Å². The van der Waals surface area contributed by atoms with Crippen molar-refractivity contribution < 1.29 is 9.47 Å². The summed E-state index contributed by atoms with van der Waals surface area (Å²) >= 11 is 5.93. The molecular weight excluding hydrogens is 224 g/mol. The Morgan fingerprint density at radius 1 is 1.31 bits per heavy atom. The van der Waals surface area contributed by atoms with Gasteiger partial charge in [-0.15, -0.1) is 0 Å². The molecule has 0 bridgehead atoms. The Morgan fingerprint density at radius 3 is 2.50 bits per heavy atom. The molecule has 0 fully saturated rings. The van der Waals surface area contributed by atoms with Gasteiger partial charge in [0.25, 0.3) is 0 Å². The number of benzene rings is 1. The first-order chi connectivity index (χ1) is 7.60. The standard InChI is InChI=1S/C13H17ClO2/c1-9(2)12(8-15-3)11-6-5-10(14)7-13(11)16-4/h5-9H,1-4H3/b12-8+. The Labute approximate surface area is 102 Å². The van der Waals surface area contributed by atoms with Gasteiger partial charge in [-0.1, -0.05) is 25.4 Å². The summed E-state index contributed by atoms with van der Waals surface area (Å²) in [4.78, 5) is 0. The fourth-order valence-corrected chi connectivity index (χ4v) is 1.70. The first kappa shape index (κ1) is 12.9. The molecule has 3 heteroatoms. The van der Waals surface area contributed by atoms with Gasteiger partial charge in [-0.2, -0.15) is 0 Å². The average molecular weight is 241 g/mol. The van der Waals surface area contributed by atoms with Gasteiger partial charge < -0.3 is 9.47 Å². The Balaban J connectivity index is 3.24. The summed E-state index contributed by atoms with van der Waals surface area (Å²) in [5.74, 6) is 1.12. The highest BCUT2D eigenvalue weighted by atomic mass is 35.5. The molecule has 0 aliphatic rings. The second kappa shape index (κ2) is 5.80. The van der Waals surface area contributed by atoms with E-state index >= 15 is 0 Å². The summed E-state index contributed by atoms with van der Waals surface area (Å²) in [6.45, 7) is 4.22. The minimum absolute atomic E-state index is 0.357. The van der Waals surface area contributed by atoms with Crippen LogP contribution >= 0.6 is 11.6 Å². The molecule has 0 radical (unpaired) electrons. The summed E-state index contributed by atoms with van der Waals surface area (Å²) in [7, 11) is 3.28. The van der Waals surface area contributed by atoms with Crippen LogP contribution in [0.4, 0.5) is 0 Å². The third-order valence-electron chi connectivity index (χ3n) is 2.34. The van der Waals surface area contributed by atoms with E-state index in [0.717, 1.165) is 16.9 Å². The van der Waals surface area contributed by atoms with Crippen LogP contribution in [0.2, 0.25) is 5.02 Å². The van der Waals surface area contributed by atoms with E-state index in [0.29, 0.717) is 10.9 Å². The summed E-state index contributed by atoms with van der Waals surface area (Å²) in [5.41, 5.74) is 2.11. The molecule has 16 heavy (non-hydrogen) atoms. The van der Waals surface area contributed by atoms with Crippen molar-refractivity contribution in [2.75, 3.05) is 14.2 Å². The van der Waals surface area contributed by atoms with Gasteiger partial charge in [0.15, 0.2) is 0 Å². The van der Waals surface area contributed by atoms with Crippen LogP contribution in [0.1, 0.15) is 19.4 Å². The number of hydrogen-bond donors (Lipinski definition) is 0. The number of ether oxygens (including phenoxy) is 2. The van der Waals surface area contributed by atoms with Crippen LogP contribution in [0, 0.1) is 5.92 Å². The Hall–Kier alpha value is -1.15. The molecule has 1 aromatic carbocycles. The molecule has 0 saturated heterocycles. The number of hydrogen-bond acceptors (Lipinski definition) is 2. The normalized spacial score (nSPS) is 11.8. The highest BCUT2D eigenvalue weighted by Crippen LogP contribution is 2.32. The highest BCUT2D eigenvalue weighted by molar-refractivity contribution is 6.30. The van der Waals surface area contributed by atoms with Crippen LogP contribution in [-0.2, 0) is 4.74 Å². The maximum absolute atomic E-state index is 5.93. The van der Waals surface area contributed by atoms with Gasteiger partial charge in [0, 0.05) is 16.2 Å². The quantitative estimate of drug-likeness (QED) is 0.741. The molecule has 0 atom stereocenters. The van der Waals surface area contributed by atoms with Crippen LogP contribution < -0.4 is 4.74 Å². The molecular formula is C13H17ClO2. The van der Waals surface area contributed by atoms with E-state index < -0.39 is 0 Å². The molecule has 0 spiro atoms. The Bertz CT molecular complexity index is 384. The maximum Gasteiger partial charge on any atom is 0.127 e. The number of allylic oxidation sites excluding steroid dienone is 1. The lowest BCUT2D eigenvalue weighted by Gasteiger charge is -2.15. The average Bonchev–Trinajstić information content (AvgIpc) is 2.26. The van der Waals surface area contributed by atoms with E-state index in [4.69, 9.17) is 21.1 Å². The predicted molar refractivity (Wildman–Crippen MR) is 67.8 cm³/mol. The van der Waals surface area contributed by atoms with E-state index in [2.05, 4.69) is 13.8 Å². The van der Waals surface area contributed by atoms with Crippen LogP contribution in [-0.4, -0.2) is 14.2 Å². The van der Waals surface area contributed by atoms with Crippen LogP contribution in [0.3, 0.4) is 0 Å². The summed E-state index contributed by atoms with van der Waals surface area (Å²) in [5, 5.41) is 0.668. The zero-order valence-corrected chi connectivity index (χ0v) is 10.8. The molecule has 0 N–H and O–H groups in total. The van der Waals surface area contributed by atoms with Crippen molar-refractivity contribution in [2.24, 2.45) is 5.92 Å². The number of methoxy groups -OCH3 is 2. The second-order valence-corrected chi connectivity index (χ2v) is 4.24. The molecule has 0 aliphatic carbocycles. The molecule has 88 valence electrons. The van der Waals surface area contributed by atoms with Crippen LogP contribution in [0.5, 0.6) is 5.75 Å². The monoisotopic (exact) mass is 240 g/mol. The highest BCUT2D eigenvalue weighted by Gasteiger charge is 2.12. The van der Waals surface area contributed by atoms with E-state index in [1.807, 2.05) is 18.2 Å². The van der Waals surface area contributed by atoms with Crippen molar-refractivity contribution in [3.63, 3.8) is 0 Å². The lowest BCUT2D eigenvalue weighted by molar-refractivity contribution is 0.337. The first-order valence-corrected chi connectivity index (χ1v) is 5.54. The van der Waals surface area contributed by atoms with Gasteiger partial charge in [-0.25, -0.2) is 0 Å². The summed E-state index contributed by atoms with van der Waals surface area (Å²) in [6, 6.07) is 5.61. The molecule has 1 aromatic rings. The zero-order valence-electron chi connectivity index (χ0n) is 10.1. The fraction of sp³-hybridized carbons (Fsp3) is 0.385. The van der Waals surface area contributed by atoms with Crippen molar-refractivity contribution in [2.45, 2.75) is 13.8 Å². The largest absolute Gasteiger partial charge is 0.504 e. The van der Waals surface area contributed by atoms with Crippen molar-refractivity contribution in [3.8, 4) is 5.75 Å². The molecule has 1 rings (SSSR count). The SMILES string of the molecule is CO/C=C(/c1ccc(Cl)cc1OC)C(C)C. The second-order valence-electron chi connectivity index (χ2n) is 3.81. The molecule has 0 aliphatic heterocycles. The van der Waals surface area contributed by atoms with Gasteiger partial charge in [-0.05, 0) is 24.1 Å². The molecule has 0 heterocycles. The van der Waals surface area contributed by atoms with Gasteiger partial charge in [0.2, 0.25) is 0 Å². The number of rotatable bonds is 4. The smallest absolute Gasteiger partial charge is 0.127 e. The molecule has 0 unspecified atom stereocenters. The van der Waals surface area contributed by atoms with E-state index in [9.17, 15) is 0 Å². The van der Waals surface area contributed by atoms with Crippen molar-refractivity contribution in [1.82, 2.24) is 0 Å². The summed E-state index contributed by atoms with van der Waals surface area (Å²) < 4.78 is 10.4. The third kappa shape index (κ3) is 2.92. The van der Waals surface area contributed by atoms with Crippen molar-refractivity contribution in [3.05, 3.63) is 35.0 Å². The summed E-state index contributed by atoms with van der Waals surface area (Å²) in [6.07, 6.45) is 1.75. The zero-order chi connectivity index (χ0) is 12.1. The lowest BCUT2D eigenvalue weighted by Crippen LogP contribution is -1.98. The maximum atomic E-state index is 5.93. The predicted octanol–water partition coefficient (Wildman–Crippen LogP) is 3.99. The first-order valence-electron chi connectivity index (χ1n) is 5.17. The van der Waals surface area contributed by atoms with Gasteiger partial charge >= 0.3 is 0 Å². The third-order valence-corrected chi connectivity index (χ3v) is 2.58. The van der Waals surface area contributed by atoms with E-state index in [1.54, 1.807) is 20.5 Å². The fourth-order valence-electron chi connectivity index (χ4n) is 1.54. The van der Waals surface area contributed by atoms with E-state index in [-0.39, 0.29) is 0 Å². The van der Waals surface area contributed by atoms with Gasteiger partial charge in [0.05, 0.1) is 20.5 Å². The van der Waals surface area contributed by atoms with Gasteiger partial charge in [0.1, 0.15) is 5.75 Å².